The summed E-state index contributed by atoms with van der Waals surface area (Å²) in [6.45, 7) is 13.0. The molecule has 0 aliphatic heterocycles. The second kappa shape index (κ2) is 5.29. The lowest BCUT2D eigenvalue weighted by Crippen LogP contribution is -2.22. The van der Waals surface area contributed by atoms with Crippen LogP contribution in [-0.4, -0.2) is 26.5 Å². The van der Waals surface area contributed by atoms with Gasteiger partial charge in [-0.2, -0.15) is 5.10 Å². The van der Waals surface area contributed by atoms with Crippen LogP contribution in [0.2, 0.25) is 0 Å². The number of carbonyl (C=O) groups is 1. The zero-order valence-corrected chi connectivity index (χ0v) is 12.0. The minimum Gasteiger partial charge on any atom is -0.499 e. The van der Waals surface area contributed by atoms with Crippen LogP contribution in [0.25, 0.3) is 10.5 Å². The van der Waals surface area contributed by atoms with Gasteiger partial charge in [0.2, 0.25) is 5.69 Å². The topological polar surface area (TPSA) is 68.7 Å². The van der Waals surface area contributed by atoms with Gasteiger partial charge in [-0.1, -0.05) is 0 Å². The molecular formula is C15H15N3O3. The summed E-state index contributed by atoms with van der Waals surface area (Å²) in [6.07, 6.45) is 2.66. The van der Waals surface area contributed by atoms with Crippen LogP contribution in [0.3, 0.4) is 0 Å². The van der Waals surface area contributed by atoms with Gasteiger partial charge in [0.1, 0.15) is 5.75 Å². The number of hydrogen-bond donors (Lipinski definition) is 1. The Morgan fingerprint density at radius 2 is 2.14 bits per heavy atom. The van der Waals surface area contributed by atoms with E-state index in [1.54, 1.807) is 18.2 Å². The van der Waals surface area contributed by atoms with E-state index >= 15 is 0 Å². The van der Waals surface area contributed by atoms with Crippen LogP contribution in [0.4, 0.5) is 5.69 Å². The fourth-order valence-electron chi connectivity index (χ4n) is 1.73. The number of ether oxygens (including phenoxy) is 1. The summed E-state index contributed by atoms with van der Waals surface area (Å²) >= 11 is 0. The third-order valence-electron chi connectivity index (χ3n) is 2.57. The Morgan fingerprint density at radius 1 is 1.43 bits per heavy atom. The molecule has 1 aromatic heterocycles. The van der Waals surface area contributed by atoms with Gasteiger partial charge in [-0.25, -0.2) is 14.3 Å². The number of rotatable bonds is 3. The molecule has 1 N–H and O–H groups in total. The summed E-state index contributed by atoms with van der Waals surface area (Å²) in [6, 6.07) is 5.04. The second-order valence-electron chi connectivity index (χ2n) is 5.46. The quantitative estimate of drug-likeness (QED) is 0.878. The van der Waals surface area contributed by atoms with E-state index in [4.69, 9.17) is 16.4 Å². The van der Waals surface area contributed by atoms with Gasteiger partial charge in [-0.15, -0.1) is 0 Å². The van der Waals surface area contributed by atoms with E-state index in [-0.39, 0.29) is 5.56 Å². The Kier molecular flexibility index (Phi) is 3.68. The fourth-order valence-corrected chi connectivity index (χ4v) is 1.73. The van der Waals surface area contributed by atoms with Crippen LogP contribution in [0.5, 0.6) is 5.75 Å². The molecule has 2 aromatic rings. The Bertz CT molecular complexity index is 720. The standard InChI is InChI=1S/C15H15N3O3/c1-15(2,3)21-13-6-5-11(7-12(13)16-4)18-9-10(8-17-18)14(19)20/h5-9H,1-3H3,(H,19,20). The molecule has 0 bridgehead atoms. The first-order chi connectivity index (χ1) is 9.80. The molecule has 0 aliphatic rings. The lowest BCUT2D eigenvalue weighted by Gasteiger charge is -2.22. The maximum Gasteiger partial charge on any atom is 0.338 e. The molecule has 0 amide bonds. The summed E-state index contributed by atoms with van der Waals surface area (Å²) in [5.74, 6) is -0.550. The van der Waals surface area contributed by atoms with E-state index < -0.39 is 11.6 Å². The average Bonchev–Trinajstić information content (AvgIpc) is 2.87. The number of nitrogens with zero attached hydrogens (tertiary/aromatic N) is 3. The Morgan fingerprint density at radius 3 is 2.67 bits per heavy atom. The van der Waals surface area contributed by atoms with E-state index in [2.05, 4.69) is 9.94 Å². The van der Waals surface area contributed by atoms with Crippen molar-refractivity contribution in [2.24, 2.45) is 0 Å². The summed E-state index contributed by atoms with van der Waals surface area (Å²) in [5, 5.41) is 12.9. The number of hydrogen-bond acceptors (Lipinski definition) is 3. The number of carboxylic acids is 1. The third kappa shape index (κ3) is 3.39. The molecule has 2 rings (SSSR count). The Balaban J connectivity index is 2.39. The summed E-state index contributed by atoms with van der Waals surface area (Å²) in [5.41, 5.74) is 0.655. The minimum atomic E-state index is -1.04. The first kappa shape index (κ1) is 14.6. The van der Waals surface area contributed by atoms with E-state index in [1.165, 1.54) is 17.1 Å². The monoisotopic (exact) mass is 285 g/mol. The van der Waals surface area contributed by atoms with Gasteiger partial charge in [0.15, 0.2) is 0 Å². The lowest BCUT2D eigenvalue weighted by atomic mass is 10.2. The summed E-state index contributed by atoms with van der Waals surface area (Å²) < 4.78 is 7.14. The van der Waals surface area contributed by atoms with Crippen molar-refractivity contribution in [2.45, 2.75) is 26.4 Å². The molecular weight excluding hydrogens is 270 g/mol. The van der Waals surface area contributed by atoms with Crippen molar-refractivity contribution in [1.29, 1.82) is 0 Å². The first-order valence-electron chi connectivity index (χ1n) is 6.29. The van der Waals surface area contributed by atoms with Crippen LogP contribution in [0, 0.1) is 6.57 Å². The second-order valence-corrected chi connectivity index (χ2v) is 5.46. The molecule has 0 fully saturated rings. The number of aromatic carboxylic acids is 1. The zero-order chi connectivity index (χ0) is 15.6. The normalized spacial score (nSPS) is 11.0. The van der Waals surface area contributed by atoms with Crippen molar-refractivity contribution in [1.82, 2.24) is 9.78 Å². The molecule has 0 atom stereocenters. The van der Waals surface area contributed by atoms with Gasteiger partial charge < -0.3 is 9.84 Å². The SMILES string of the molecule is [C-]#[N+]c1cc(-n2cc(C(=O)O)cn2)ccc1OC(C)(C)C. The van der Waals surface area contributed by atoms with Gasteiger partial charge in [0.25, 0.3) is 0 Å². The highest BCUT2D eigenvalue weighted by molar-refractivity contribution is 5.87. The molecule has 6 heteroatoms. The van der Waals surface area contributed by atoms with Crippen LogP contribution < -0.4 is 4.74 Å². The molecule has 0 spiro atoms. The zero-order valence-electron chi connectivity index (χ0n) is 12.0. The largest absolute Gasteiger partial charge is 0.499 e. The van der Waals surface area contributed by atoms with Crippen LogP contribution in [-0.2, 0) is 0 Å². The van der Waals surface area contributed by atoms with Crippen molar-refractivity contribution in [2.75, 3.05) is 0 Å². The van der Waals surface area contributed by atoms with E-state index in [0.29, 0.717) is 17.1 Å². The maximum atomic E-state index is 10.9. The summed E-state index contributed by atoms with van der Waals surface area (Å²) in [7, 11) is 0. The first-order valence-corrected chi connectivity index (χ1v) is 6.29. The van der Waals surface area contributed by atoms with Crippen molar-refractivity contribution in [3.05, 3.63) is 47.6 Å². The van der Waals surface area contributed by atoms with Gasteiger partial charge in [0.05, 0.1) is 29.6 Å². The molecule has 6 nitrogen and oxygen atoms in total. The maximum absolute atomic E-state index is 10.9. The predicted molar refractivity (Wildman–Crippen MR) is 77.2 cm³/mol. The fraction of sp³-hybridized carbons (Fsp3) is 0.267. The van der Waals surface area contributed by atoms with Crippen LogP contribution in [0.15, 0.2) is 30.6 Å². The lowest BCUT2D eigenvalue weighted by molar-refractivity contribution is 0.0697. The van der Waals surface area contributed by atoms with Gasteiger partial charge in [-0.05, 0) is 39.0 Å². The van der Waals surface area contributed by atoms with Gasteiger partial charge >= 0.3 is 5.97 Å². The van der Waals surface area contributed by atoms with Gasteiger partial charge in [0, 0.05) is 6.20 Å². The molecule has 0 aliphatic carbocycles. The third-order valence-corrected chi connectivity index (χ3v) is 2.57. The predicted octanol–water partition coefficient (Wildman–Crippen LogP) is 3.30. The highest BCUT2D eigenvalue weighted by atomic mass is 16.5. The highest BCUT2D eigenvalue weighted by Gasteiger charge is 2.16. The van der Waals surface area contributed by atoms with E-state index in [1.807, 2.05) is 20.8 Å². The molecule has 108 valence electrons. The molecule has 0 saturated heterocycles. The number of aromatic nitrogens is 2. The molecule has 0 saturated carbocycles. The Hall–Kier alpha value is -2.81. The van der Waals surface area contributed by atoms with Crippen molar-refractivity contribution >= 4 is 11.7 Å². The van der Waals surface area contributed by atoms with Gasteiger partial charge in [-0.3, -0.25) is 0 Å². The van der Waals surface area contributed by atoms with E-state index in [0.717, 1.165) is 0 Å². The van der Waals surface area contributed by atoms with Crippen molar-refractivity contribution in [3.63, 3.8) is 0 Å². The molecule has 1 aromatic carbocycles. The van der Waals surface area contributed by atoms with Crippen molar-refractivity contribution < 1.29 is 14.6 Å². The van der Waals surface area contributed by atoms with E-state index in [9.17, 15) is 4.79 Å². The minimum absolute atomic E-state index is 0.0920. The van der Waals surface area contributed by atoms with Crippen LogP contribution in [0.1, 0.15) is 31.1 Å². The smallest absolute Gasteiger partial charge is 0.338 e. The summed E-state index contributed by atoms with van der Waals surface area (Å²) in [4.78, 5) is 14.3. The van der Waals surface area contributed by atoms with Crippen LogP contribution >= 0.6 is 0 Å². The Labute approximate surface area is 122 Å². The molecule has 0 radical (unpaired) electrons. The molecule has 21 heavy (non-hydrogen) atoms. The number of benzene rings is 1. The van der Waals surface area contributed by atoms with Crippen molar-refractivity contribution in [3.8, 4) is 11.4 Å². The molecule has 1 heterocycles. The number of carboxylic acid groups (broad SMARTS) is 1. The molecule has 0 unspecified atom stereocenters. The highest BCUT2D eigenvalue weighted by Crippen LogP contribution is 2.32. The average molecular weight is 285 g/mol.